The van der Waals surface area contributed by atoms with E-state index in [-0.39, 0.29) is 0 Å². The maximum absolute atomic E-state index is 4.62. The third-order valence-electron chi connectivity index (χ3n) is 3.72. The standard InChI is InChI=1S/C15H28N4/c1-6-19(10-11(2)3)15-14(9-16-13-7-8-13)12(4)17-18(15)5/h11,13,16H,6-10H2,1-5H3. The summed E-state index contributed by atoms with van der Waals surface area (Å²) in [5.74, 6) is 1.96. The van der Waals surface area contributed by atoms with Crippen LogP contribution in [0.4, 0.5) is 5.82 Å². The summed E-state index contributed by atoms with van der Waals surface area (Å²) in [6, 6.07) is 0.743. The largest absolute Gasteiger partial charge is 0.357 e. The predicted molar refractivity (Wildman–Crippen MR) is 80.5 cm³/mol. The van der Waals surface area contributed by atoms with Gasteiger partial charge in [0.2, 0.25) is 0 Å². The van der Waals surface area contributed by atoms with Gasteiger partial charge in [0.15, 0.2) is 0 Å². The summed E-state index contributed by atoms with van der Waals surface area (Å²) in [6.07, 6.45) is 2.66. The van der Waals surface area contributed by atoms with Crippen molar-refractivity contribution in [2.75, 3.05) is 18.0 Å². The van der Waals surface area contributed by atoms with E-state index in [9.17, 15) is 0 Å². The fourth-order valence-corrected chi connectivity index (χ4v) is 2.63. The summed E-state index contributed by atoms with van der Waals surface area (Å²) in [5.41, 5.74) is 2.53. The highest BCUT2D eigenvalue weighted by Gasteiger charge is 2.24. The van der Waals surface area contributed by atoms with E-state index in [4.69, 9.17) is 0 Å². The molecule has 0 aromatic carbocycles. The minimum atomic E-state index is 0.666. The van der Waals surface area contributed by atoms with Gasteiger partial charge in [0, 0.05) is 38.3 Å². The van der Waals surface area contributed by atoms with Crippen LogP contribution >= 0.6 is 0 Å². The molecule has 0 spiro atoms. The van der Waals surface area contributed by atoms with Crippen LogP contribution < -0.4 is 10.2 Å². The van der Waals surface area contributed by atoms with Gasteiger partial charge < -0.3 is 10.2 Å². The molecule has 1 fully saturated rings. The summed E-state index contributed by atoms with van der Waals surface area (Å²) >= 11 is 0. The third-order valence-corrected chi connectivity index (χ3v) is 3.72. The summed E-state index contributed by atoms with van der Waals surface area (Å²) in [6.45, 7) is 12.0. The Kier molecular flexibility index (Phi) is 4.50. The first kappa shape index (κ1) is 14.4. The molecule has 19 heavy (non-hydrogen) atoms. The third kappa shape index (κ3) is 3.50. The average molecular weight is 264 g/mol. The van der Waals surface area contributed by atoms with Crippen LogP contribution in [-0.2, 0) is 13.6 Å². The van der Waals surface area contributed by atoms with Crippen LogP contribution in [0.25, 0.3) is 0 Å². The molecular formula is C15H28N4. The lowest BCUT2D eigenvalue weighted by Gasteiger charge is -2.26. The first-order valence-electron chi connectivity index (χ1n) is 7.53. The Balaban J connectivity index is 2.19. The molecule has 1 N–H and O–H groups in total. The van der Waals surface area contributed by atoms with Crippen molar-refractivity contribution in [3.63, 3.8) is 0 Å². The van der Waals surface area contributed by atoms with Gasteiger partial charge in [-0.15, -0.1) is 0 Å². The SMILES string of the molecule is CCN(CC(C)C)c1c(CNC2CC2)c(C)nn1C. The van der Waals surface area contributed by atoms with Crippen molar-refractivity contribution in [3.05, 3.63) is 11.3 Å². The average Bonchev–Trinajstić information content (AvgIpc) is 3.11. The topological polar surface area (TPSA) is 33.1 Å². The van der Waals surface area contributed by atoms with Crippen LogP contribution in [0.3, 0.4) is 0 Å². The highest BCUT2D eigenvalue weighted by molar-refractivity contribution is 5.50. The number of nitrogens with one attached hydrogen (secondary N) is 1. The molecule has 0 amide bonds. The van der Waals surface area contributed by atoms with E-state index in [1.54, 1.807) is 0 Å². The highest BCUT2D eigenvalue weighted by Crippen LogP contribution is 2.26. The van der Waals surface area contributed by atoms with Crippen molar-refractivity contribution in [3.8, 4) is 0 Å². The van der Waals surface area contributed by atoms with Crippen molar-refractivity contribution in [2.45, 2.75) is 53.1 Å². The van der Waals surface area contributed by atoms with Gasteiger partial charge in [-0.3, -0.25) is 4.68 Å². The zero-order valence-electron chi connectivity index (χ0n) is 13.0. The molecule has 1 aliphatic rings. The van der Waals surface area contributed by atoms with Gasteiger partial charge in [-0.05, 0) is 32.6 Å². The van der Waals surface area contributed by atoms with Crippen LogP contribution in [-0.4, -0.2) is 28.9 Å². The van der Waals surface area contributed by atoms with Crippen molar-refractivity contribution in [2.24, 2.45) is 13.0 Å². The first-order valence-corrected chi connectivity index (χ1v) is 7.53. The second-order valence-corrected chi connectivity index (χ2v) is 6.10. The Morgan fingerprint density at radius 2 is 2.11 bits per heavy atom. The molecule has 1 aromatic heterocycles. The molecule has 0 unspecified atom stereocenters. The summed E-state index contributed by atoms with van der Waals surface area (Å²) < 4.78 is 2.05. The number of aryl methyl sites for hydroxylation is 2. The van der Waals surface area contributed by atoms with Crippen LogP contribution in [0.1, 0.15) is 44.9 Å². The minimum absolute atomic E-state index is 0.666. The van der Waals surface area contributed by atoms with E-state index >= 15 is 0 Å². The summed E-state index contributed by atoms with van der Waals surface area (Å²) in [5, 5.41) is 8.24. The van der Waals surface area contributed by atoms with Gasteiger partial charge in [-0.25, -0.2) is 0 Å². The lowest BCUT2D eigenvalue weighted by atomic mass is 10.1. The maximum atomic E-state index is 4.62. The Bertz CT molecular complexity index is 418. The molecule has 108 valence electrons. The van der Waals surface area contributed by atoms with Gasteiger partial charge in [0.05, 0.1) is 5.69 Å². The van der Waals surface area contributed by atoms with E-state index < -0.39 is 0 Å². The van der Waals surface area contributed by atoms with Crippen LogP contribution in [0.5, 0.6) is 0 Å². The number of anilines is 1. The molecular weight excluding hydrogens is 236 g/mol. The maximum Gasteiger partial charge on any atom is 0.131 e. The molecule has 4 nitrogen and oxygen atoms in total. The Morgan fingerprint density at radius 3 is 2.63 bits per heavy atom. The predicted octanol–water partition coefficient (Wildman–Crippen LogP) is 2.46. The lowest BCUT2D eigenvalue weighted by molar-refractivity contribution is 0.595. The molecule has 1 aliphatic carbocycles. The van der Waals surface area contributed by atoms with E-state index in [0.717, 1.165) is 31.4 Å². The molecule has 4 heteroatoms. The van der Waals surface area contributed by atoms with Gasteiger partial charge >= 0.3 is 0 Å². The molecule has 0 radical (unpaired) electrons. The quantitative estimate of drug-likeness (QED) is 0.821. The van der Waals surface area contributed by atoms with E-state index in [2.05, 4.69) is 50.1 Å². The number of nitrogens with zero attached hydrogens (tertiary/aromatic N) is 3. The molecule has 1 saturated carbocycles. The smallest absolute Gasteiger partial charge is 0.131 e. The summed E-state index contributed by atoms with van der Waals surface area (Å²) in [4.78, 5) is 2.45. The summed E-state index contributed by atoms with van der Waals surface area (Å²) in [7, 11) is 2.06. The molecule has 0 aliphatic heterocycles. The van der Waals surface area contributed by atoms with Crippen molar-refractivity contribution in [1.29, 1.82) is 0 Å². The van der Waals surface area contributed by atoms with Crippen LogP contribution in [0, 0.1) is 12.8 Å². The first-order chi connectivity index (χ1) is 9.02. The molecule has 1 aromatic rings. The van der Waals surface area contributed by atoms with E-state index in [1.165, 1.54) is 24.2 Å². The van der Waals surface area contributed by atoms with E-state index in [0.29, 0.717) is 5.92 Å². The highest BCUT2D eigenvalue weighted by atomic mass is 15.4. The lowest BCUT2D eigenvalue weighted by Crippen LogP contribution is -2.30. The zero-order chi connectivity index (χ0) is 14.0. The number of rotatable bonds is 7. The van der Waals surface area contributed by atoms with Crippen LogP contribution in [0.15, 0.2) is 0 Å². The Hall–Kier alpha value is -1.03. The van der Waals surface area contributed by atoms with Crippen molar-refractivity contribution >= 4 is 5.82 Å². The van der Waals surface area contributed by atoms with Crippen molar-refractivity contribution in [1.82, 2.24) is 15.1 Å². The fourth-order valence-electron chi connectivity index (χ4n) is 2.63. The molecule has 2 rings (SSSR count). The van der Waals surface area contributed by atoms with E-state index in [1.807, 2.05) is 4.68 Å². The second-order valence-electron chi connectivity index (χ2n) is 6.10. The monoisotopic (exact) mass is 264 g/mol. The number of hydrogen-bond acceptors (Lipinski definition) is 3. The second kappa shape index (κ2) is 5.95. The van der Waals surface area contributed by atoms with Gasteiger partial charge in [0.1, 0.15) is 5.82 Å². The molecule has 1 heterocycles. The van der Waals surface area contributed by atoms with Crippen molar-refractivity contribution < 1.29 is 0 Å². The number of hydrogen-bond donors (Lipinski definition) is 1. The van der Waals surface area contributed by atoms with Gasteiger partial charge in [-0.1, -0.05) is 13.8 Å². The number of aromatic nitrogens is 2. The molecule has 0 bridgehead atoms. The molecule has 0 atom stereocenters. The Labute approximate surface area is 117 Å². The minimum Gasteiger partial charge on any atom is -0.357 e. The Morgan fingerprint density at radius 1 is 1.42 bits per heavy atom. The molecule has 0 saturated heterocycles. The normalized spacial score (nSPS) is 15.3. The van der Waals surface area contributed by atoms with Crippen LogP contribution in [0.2, 0.25) is 0 Å². The van der Waals surface area contributed by atoms with Gasteiger partial charge in [0.25, 0.3) is 0 Å². The van der Waals surface area contributed by atoms with Gasteiger partial charge in [-0.2, -0.15) is 5.10 Å². The zero-order valence-corrected chi connectivity index (χ0v) is 13.0. The fraction of sp³-hybridized carbons (Fsp3) is 0.800.